The fourth-order valence-electron chi connectivity index (χ4n) is 2.31. The summed E-state index contributed by atoms with van der Waals surface area (Å²) in [6.07, 6.45) is 4.47. The van der Waals surface area contributed by atoms with Crippen LogP contribution in [0.25, 0.3) is 0 Å². The van der Waals surface area contributed by atoms with E-state index in [1.807, 2.05) is 0 Å². The van der Waals surface area contributed by atoms with Crippen LogP contribution in [0.15, 0.2) is 12.4 Å². The zero-order valence-electron chi connectivity index (χ0n) is 11.6. The summed E-state index contributed by atoms with van der Waals surface area (Å²) >= 11 is 0. The molecule has 8 nitrogen and oxygen atoms in total. The van der Waals surface area contributed by atoms with Crippen molar-refractivity contribution in [2.24, 2.45) is 0 Å². The molecule has 2 amide bonds. The molecule has 1 saturated heterocycles. The lowest BCUT2D eigenvalue weighted by Crippen LogP contribution is -2.51. The van der Waals surface area contributed by atoms with Crippen LogP contribution in [0.5, 0.6) is 0 Å². The van der Waals surface area contributed by atoms with Crippen molar-refractivity contribution in [2.45, 2.75) is 25.3 Å². The van der Waals surface area contributed by atoms with Gasteiger partial charge in [0.05, 0.1) is 12.4 Å². The minimum absolute atomic E-state index is 0.0378. The van der Waals surface area contributed by atoms with E-state index in [1.54, 1.807) is 0 Å². The van der Waals surface area contributed by atoms with E-state index in [4.69, 9.17) is 5.11 Å². The van der Waals surface area contributed by atoms with Gasteiger partial charge in [0.25, 0.3) is 5.91 Å². The summed E-state index contributed by atoms with van der Waals surface area (Å²) in [5, 5.41) is 11.3. The quantitative estimate of drug-likeness (QED) is 0.805. The molecule has 1 aromatic heterocycles. The van der Waals surface area contributed by atoms with Crippen LogP contribution >= 0.6 is 0 Å². The molecule has 0 aliphatic carbocycles. The van der Waals surface area contributed by atoms with E-state index in [-0.39, 0.29) is 17.3 Å². The first-order chi connectivity index (χ1) is 10.0. The number of piperidine rings is 1. The van der Waals surface area contributed by atoms with E-state index in [1.165, 1.54) is 11.9 Å². The van der Waals surface area contributed by atoms with Gasteiger partial charge in [-0.25, -0.2) is 14.8 Å². The third-order valence-electron chi connectivity index (χ3n) is 3.40. The summed E-state index contributed by atoms with van der Waals surface area (Å²) in [5.41, 5.74) is -0.191. The van der Waals surface area contributed by atoms with Crippen LogP contribution in [0.1, 0.15) is 40.2 Å². The van der Waals surface area contributed by atoms with Gasteiger partial charge in [-0.1, -0.05) is 0 Å². The number of carbonyl (C=O) groups is 3. The molecular weight excluding hydrogens is 276 g/mol. The molecule has 1 unspecified atom stereocenters. The first kappa shape index (κ1) is 14.9. The number of nitrogens with zero attached hydrogens (tertiary/aromatic N) is 3. The fourth-order valence-corrected chi connectivity index (χ4v) is 2.31. The van der Waals surface area contributed by atoms with Crippen LogP contribution in [-0.2, 0) is 4.79 Å². The van der Waals surface area contributed by atoms with Gasteiger partial charge in [0.1, 0.15) is 11.7 Å². The Kier molecular flexibility index (Phi) is 4.46. The molecule has 1 aromatic rings. The minimum atomic E-state index is -1.21. The Hall–Kier alpha value is -2.51. The van der Waals surface area contributed by atoms with Crippen molar-refractivity contribution in [2.75, 3.05) is 13.6 Å². The van der Waals surface area contributed by atoms with Crippen LogP contribution in [0, 0.1) is 0 Å². The van der Waals surface area contributed by atoms with Crippen molar-refractivity contribution in [1.29, 1.82) is 0 Å². The maximum atomic E-state index is 12.4. The van der Waals surface area contributed by atoms with Gasteiger partial charge in [0.15, 0.2) is 5.69 Å². The maximum Gasteiger partial charge on any atom is 0.356 e. The molecular formula is C13H16N4O4. The van der Waals surface area contributed by atoms with E-state index in [2.05, 4.69) is 15.3 Å². The second-order valence-corrected chi connectivity index (χ2v) is 4.72. The lowest BCUT2D eigenvalue weighted by atomic mass is 10.0. The lowest BCUT2D eigenvalue weighted by molar-refractivity contribution is -0.126. The average molecular weight is 292 g/mol. The van der Waals surface area contributed by atoms with E-state index >= 15 is 0 Å². The first-order valence-electron chi connectivity index (χ1n) is 6.62. The number of carboxylic acids is 1. The van der Waals surface area contributed by atoms with E-state index in [0.29, 0.717) is 13.0 Å². The summed E-state index contributed by atoms with van der Waals surface area (Å²) < 4.78 is 0. The predicted octanol–water partition coefficient (Wildman–Crippen LogP) is -0.0845. The van der Waals surface area contributed by atoms with Crippen molar-refractivity contribution in [1.82, 2.24) is 20.2 Å². The molecule has 2 rings (SSSR count). The maximum absolute atomic E-state index is 12.4. The molecule has 1 atom stereocenters. The van der Waals surface area contributed by atoms with Crippen molar-refractivity contribution in [3.8, 4) is 0 Å². The lowest BCUT2D eigenvalue weighted by Gasteiger charge is -2.34. The van der Waals surface area contributed by atoms with Gasteiger partial charge in [0, 0.05) is 13.6 Å². The molecule has 112 valence electrons. The van der Waals surface area contributed by atoms with E-state index < -0.39 is 17.9 Å². The number of carbonyl (C=O) groups excluding carboxylic acids is 2. The highest BCUT2D eigenvalue weighted by Gasteiger charge is 2.32. The molecule has 2 N–H and O–H groups in total. The Morgan fingerprint density at radius 3 is 2.48 bits per heavy atom. The Morgan fingerprint density at radius 1 is 1.24 bits per heavy atom. The number of amides is 2. The number of likely N-dealkylation sites (N-methyl/N-ethyl adjacent to an activating group) is 1. The number of carboxylic acid groups (broad SMARTS) is 1. The fraction of sp³-hybridized carbons (Fsp3) is 0.462. The first-order valence-corrected chi connectivity index (χ1v) is 6.62. The van der Waals surface area contributed by atoms with Gasteiger partial charge < -0.3 is 15.3 Å². The van der Waals surface area contributed by atoms with Crippen LogP contribution < -0.4 is 5.32 Å². The summed E-state index contributed by atoms with van der Waals surface area (Å²) in [6.45, 7) is 0.472. The van der Waals surface area contributed by atoms with Crippen LogP contribution in [0.4, 0.5) is 0 Å². The molecule has 0 aromatic carbocycles. The normalized spacial score (nSPS) is 18.1. The molecule has 21 heavy (non-hydrogen) atoms. The molecule has 1 aliphatic heterocycles. The van der Waals surface area contributed by atoms with E-state index in [0.717, 1.165) is 25.2 Å². The van der Waals surface area contributed by atoms with Crippen LogP contribution in [0.3, 0.4) is 0 Å². The highest BCUT2D eigenvalue weighted by Crippen LogP contribution is 2.19. The number of likely N-dealkylation sites (tertiary alicyclic amines) is 1. The zero-order valence-corrected chi connectivity index (χ0v) is 11.6. The van der Waals surface area contributed by atoms with Crippen molar-refractivity contribution < 1.29 is 19.5 Å². The topological polar surface area (TPSA) is 112 Å². The monoisotopic (exact) mass is 292 g/mol. The Labute approximate surface area is 121 Å². The molecule has 0 saturated carbocycles. The third-order valence-corrected chi connectivity index (χ3v) is 3.40. The predicted molar refractivity (Wildman–Crippen MR) is 71.7 cm³/mol. The van der Waals surface area contributed by atoms with E-state index in [9.17, 15) is 14.4 Å². The van der Waals surface area contributed by atoms with Crippen LogP contribution in [0.2, 0.25) is 0 Å². The number of aromatic carboxylic acids is 1. The summed E-state index contributed by atoms with van der Waals surface area (Å²) in [7, 11) is 1.53. The summed E-state index contributed by atoms with van der Waals surface area (Å²) in [4.78, 5) is 43.9. The molecule has 2 heterocycles. The molecule has 1 aliphatic rings. The van der Waals surface area contributed by atoms with Crippen molar-refractivity contribution >= 4 is 17.8 Å². The smallest absolute Gasteiger partial charge is 0.356 e. The summed E-state index contributed by atoms with van der Waals surface area (Å²) in [6, 6.07) is -0.516. The number of hydrogen-bond donors (Lipinski definition) is 2. The highest BCUT2D eigenvalue weighted by atomic mass is 16.4. The summed E-state index contributed by atoms with van der Waals surface area (Å²) in [5.74, 6) is -1.83. The molecule has 0 spiro atoms. The van der Waals surface area contributed by atoms with Gasteiger partial charge in [0.2, 0.25) is 5.91 Å². The molecule has 8 heteroatoms. The van der Waals surface area contributed by atoms with Gasteiger partial charge in [-0.2, -0.15) is 0 Å². The minimum Gasteiger partial charge on any atom is -0.476 e. The second-order valence-electron chi connectivity index (χ2n) is 4.72. The number of rotatable bonds is 3. The largest absolute Gasteiger partial charge is 0.476 e. The standard InChI is InChI=1S/C13H16N4O4/c1-14-11(18)10-4-2-3-5-17(10)12(19)8-6-16-9(7-15-8)13(20)21/h6-7,10H,2-5H2,1H3,(H,14,18)(H,20,21). The zero-order chi connectivity index (χ0) is 15.4. The Bertz CT molecular complexity index is 558. The van der Waals surface area contributed by atoms with Gasteiger partial charge >= 0.3 is 5.97 Å². The van der Waals surface area contributed by atoms with Crippen molar-refractivity contribution in [3.63, 3.8) is 0 Å². The van der Waals surface area contributed by atoms with Gasteiger partial charge in [-0.3, -0.25) is 9.59 Å². The average Bonchev–Trinajstić information content (AvgIpc) is 2.53. The molecule has 0 bridgehead atoms. The Morgan fingerprint density at radius 2 is 1.90 bits per heavy atom. The Balaban J connectivity index is 2.20. The number of nitrogens with one attached hydrogen (secondary N) is 1. The van der Waals surface area contributed by atoms with Gasteiger partial charge in [-0.05, 0) is 19.3 Å². The highest BCUT2D eigenvalue weighted by molar-refractivity contribution is 5.96. The second kappa shape index (κ2) is 6.29. The molecule has 1 fully saturated rings. The molecule has 0 radical (unpaired) electrons. The van der Waals surface area contributed by atoms with Gasteiger partial charge in [-0.15, -0.1) is 0 Å². The number of hydrogen-bond acceptors (Lipinski definition) is 5. The van der Waals surface area contributed by atoms with Crippen LogP contribution in [-0.4, -0.2) is 57.4 Å². The number of aromatic nitrogens is 2. The SMILES string of the molecule is CNC(=O)C1CCCCN1C(=O)c1cnc(C(=O)O)cn1. The third kappa shape index (κ3) is 3.15. The van der Waals surface area contributed by atoms with Crippen molar-refractivity contribution in [3.05, 3.63) is 23.8 Å².